The zero-order chi connectivity index (χ0) is 14.7. The van der Waals surface area contributed by atoms with E-state index < -0.39 is 0 Å². The van der Waals surface area contributed by atoms with E-state index in [0.717, 1.165) is 23.1 Å². The molecule has 0 bridgehead atoms. The predicted octanol–water partition coefficient (Wildman–Crippen LogP) is 4.19. The van der Waals surface area contributed by atoms with Crippen molar-refractivity contribution in [2.24, 2.45) is 0 Å². The maximum absolute atomic E-state index is 11.7. The van der Waals surface area contributed by atoms with Crippen LogP contribution < -0.4 is 0 Å². The molecule has 1 N–H and O–H groups in total. The molecule has 0 unspecified atom stereocenters. The van der Waals surface area contributed by atoms with Gasteiger partial charge >= 0.3 is 5.97 Å². The second kappa shape index (κ2) is 6.14. The molecular formula is C17H17NO2S. The van der Waals surface area contributed by atoms with Gasteiger partial charge in [0, 0.05) is 10.3 Å². The summed E-state index contributed by atoms with van der Waals surface area (Å²) < 4.78 is 5.00. The van der Waals surface area contributed by atoms with Gasteiger partial charge in [0.05, 0.1) is 6.61 Å². The van der Waals surface area contributed by atoms with E-state index in [9.17, 15) is 4.79 Å². The van der Waals surface area contributed by atoms with E-state index >= 15 is 0 Å². The second-order valence-electron chi connectivity index (χ2n) is 4.89. The highest BCUT2D eigenvalue weighted by Crippen LogP contribution is 2.27. The maximum atomic E-state index is 11.7. The van der Waals surface area contributed by atoms with E-state index in [0.29, 0.717) is 12.3 Å². The number of ether oxygens (including phenoxy) is 1. The first-order chi connectivity index (χ1) is 10.3. The standard InChI is InChI=1S/C17H17NO2S/c1-2-20-17(19)15-11-13-10-14(21-16(13)18-15)9-8-12-6-4-3-5-7-12/h3-7,10-11,18H,2,8-9H2,1H3. The van der Waals surface area contributed by atoms with Gasteiger partial charge in [0.1, 0.15) is 10.5 Å². The highest BCUT2D eigenvalue weighted by molar-refractivity contribution is 7.18. The average Bonchev–Trinajstić information content (AvgIpc) is 3.05. The van der Waals surface area contributed by atoms with Crippen LogP contribution in [0, 0.1) is 0 Å². The number of hydrogen-bond acceptors (Lipinski definition) is 3. The molecule has 0 aliphatic rings. The number of rotatable bonds is 5. The molecule has 1 aromatic carbocycles. The Balaban J connectivity index is 1.70. The summed E-state index contributed by atoms with van der Waals surface area (Å²) in [7, 11) is 0. The lowest BCUT2D eigenvalue weighted by atomic mass is 10.1. The van der Waals surface area contributed by atoms with Gasteiger partial charge in [-0.05, 0) is 37.5 Å². The van der Waals surface area contributed by atoms with Crippen LogP contribution in [0.5, 0.6) is 0 Å². The van der Waals surface area contributed by atoms with Gasteiger partial charge in [0.15, 0.2) is 0 Å². The van der Waals surface area contributed by atoms with Crippen LogP contribution in [0.1, 0.15) is 27.9 Å². The Kier molecular flexibility index (Phi) is 4.06. The summed E-state index contributed by atoms with van der Waals surface area (Å²) in [5.41, 5.74) is 1.88. The van der Waals surface area contributed by atoms with E-state index in [-0.39, 0.29) is 5.97 Å². The molecule has 3 rings (SSSR count). The molecule has 0 aliphatic heterocycles. The SMILES string of the molecule is CCOC(=O)c1cc2cc(CCc3ccccc3)sc2[nH]1. The lowest BCUT2D eigenvalue weighted by Gasteiger charge is -1.99. The predicted molar refractivity (Wildman–Crippen MR) is 86.0 cm³/mol. The van der Waals surface area contributed by atoms with Crippen molar-refractivity contribution >= 4 is 27.5 Å². The largest absolute Gasteiger partial charge is 0.461 e. The highest BCUT2D eigenvalue weighted by Gasteiger charge is 2.12. The number of hydrogen-bond donors (Lipinski definition) is 1. The molecule has 0 amide bonds. The fraction of sp³-hybridized carbons (Fsp3) is 0.235. The molecule has 2 heterocycles. The molecule has 108 valence electrons. The lowest BCUT2D eigenvalue weighted by Crippen LogP contribution is -2.04. The number of esters is 1. The van der Waals surface area contributed by atoms with Crippen molar-refractivity contribution in [1.29, 1.82) is 0 Å². The van der Waals surface area contributed by atoms with Crippen molar-refractivity contribution in [3.05, 3.63) is 58.6 Å². The molecule has 3 aromatic rings. The van der Waals surface area contributed by atoms with E-state index in [1.165, 1.54) is 10.4 Å². The van der Waals surface area contributed by atoms with Crippen LogP contribution in [0.4, 0.5) is 0 Å². The first-order valence-electron chi connectivity index (χ1n) is 7.08. The first-order valence-corrected chi connectivity index (χ1v) is 7.90. The number of benzene rings is 1. The number of carbonyl (C=O) groups is 1. The summed E-state index contributed by atoms with van der Waals surface area (Å²) in [5, 5.41) is 1.09. The van der Waals surface area contributed by atoms with Crippen LogP contribution in [0.15, 0.2) is 42.5 Å². The minimum atomic E-state index is -0.285. The van der Waals surface area contributed by atoms with Crippen LogP contribution >= 0.6 is 11.3 Å². The number of fused-ring (bicyclic) bond motifs is 1. The molecule has 0 aliphatic carbocycles. The van der Waals surface area contributed by atoms with E-state index in [2.05, 4.69) is 35.3 Å². The van der Waals surface area contributed by atoms with Crippen LogP contribution in [0.25, 0.3) is 10.2 Å². The number of aromatic nitrogens is 1. The number of H-pyrrole nitrogens is 1. The molecule has 0 fully saturated rings. The molecule has 2 aromatic heterocycles. The molecule has 4 heteroatoms. The quantitative estimate of drug-likeness (QED) is 0.718. The summed E-state index contributed by atoms with van der Waals surface area (Å²) in [6.07, 6.45) is 2.06. The Morgan fingerprint density at radius 3 is 2.71 bits per heavy atom. The van der Waals surface area contributed by atoms with Crippen LogP contribution in [-0.4, -0.2) is 17.6 Å². The normalized spacial score (nSPS) is 10.9. The van der Waals surface area contributed by atoms with Gasteiger partial charge in [-0.2, -0.15) is 0 Å². The van der Waals surface area contributed by atoms with E-state index in [1.807, 2.05) is 19.1 Å². The molecule has 0 spiro atoms. The monoisotopic (exact) mass is 299 g/mol. The van der Waals surface area contributed by atoms with Crippen molar-refractivity contribution in [2.75, 3.05) is 6.61 Å². The molecule has 3 nitrogen and oxygen atoms in total. The second-order valence-corrected chi connectivity index (χ2v) is 6.02. The van der Waals surface area contributed by atoms with Crippen LogP contribution in [-0.2, 0) is 17.6 Å². The Bertz CT molecular complexity index is 711. The van der Waals surface area contributed by atoms with Gasteiger partial charge in [-0.25, -0.2) is 4.79 Å². The number of thiophene rings is 1. The van der Waals surface area contributed by atoms with Crippen LogP contribution in [0.3, 0.4) is 0 Å². The first kappa shape index (κ1) is 13.9. The topological polar surface area (TPSA) is 42.1 Å². The average molecular weight is 299 g/mol. The van der Waals surface area contributed by atoms with E-state index in [4.69, 9.17) is 4.74 Å². The number of aryl methyl sites for hydroxylation is 2. The summed E-state index contributed by atoms with van der Waals surface area (Å²) in [6.45, 7) is 2.21. The smallest absolute Gasteiger partial charge is 0.354 e. The summed E-state index contributed by atoms with van der Waals surface area (Å²) in [4.78, 5) is 17.2. The van der Waals surface area contributed by atoms with Crippen molar-refractivity contribution in [2.45, 2.75) is 19.8 Å². The van der Waals surface area contributed by atoms with Gasteiger partial charge in [-0.15, -0.1) is 11.3 Å². The molecule has 0 radical (unpaired) electrons. The lowest BCUT2D eigenvalue weighted by molar-refractivity contribution is 0.0520. The Labute approximate surface area is 127 Å². The molecular weight excluding hydrogens is 282 g/mol. The van der Waals surface area contributed by atoms with Crippen molar-refractivity contribution in [3.63, 3.8) is 0 Å². The van der Waals surface area contributed by atoms with Gasteiger partial charge in [0.25, 0.3) is 0 Å². The molecule has 0 saturated heterocycles. The third-order valence-electron chi connectivity index (χ3n) is 3.36. The maximum Gasteiger partial charge on any atom is 0.354 e. The Hall–Kier alpha value is -2.07. The van der Waals surface area contributed by atoms with E-state index in [1.54, 1.807) is 11.3 Å². The minimum Gasteiger partial charge on any atom is -0.461 e. The number of carbonyl (C=O) groups excluding carboxylic acids is 1. The zero-order valence-corrected chi connectivity index (χ0v) is 12.7. The summed E-state index contributed by atoms with van der Waals surface area (Å²) in [5.74, 6) is -0.285. The van der Waals surface area contributed by atoms with Gasteiger partial charge in [0.2, 0.25) is 0 Å². The third kappa shape index (κ3) is 3.16. The molecule has 21 heavy (non-hydrogen) atoms. The number of nitrogens with one attached hydrogen (secondary N) is 1. The minimum absolute atomic E-state index is 0.285. The Morgan fingerprint density at radius 1 is 1.19 bits per heavy atom. The van der Waals surface area contributed by atoms with Crippen molar-refractivity contribution in [1.82, 2.24) is 4.98 Å². The Morgan fingerprint density at radius 2 is 2.00 bits per heavy atom. The van der Waals surface area contributed by atoms with Crippen LogP contribution in [0.2, 0.25) is 0 Å². The van der Waals surface area contributed by atoms with Crippen molar-refractivity contribution < 1.29 is 9.53 Å². The van der Waals surface area contributed by atoms with Gasteiger partial charge < -0.3 is 9.72 Å². The van der Waals surface area contributed by atoms with Crippen molar-refractivity contribution in [3.8, 4) is 0 Å². The highest BCUT2D eigenvalue weighted by atomic mass is 32.1. The van der Waals surface area contributed by atoms with Gasteiger partial charge in [-0.3, -0.25) is 0 Å². The summed E-state index contributed by atoms with van der Waals surface area (Å²) >= 11 is 1.71. The zero-order valence-electron chi connectivity index (χ0n) is 11.9. The summed E-state index contributed by atoms with van der Waals surface area (Å²) in [6, 6.07) is 14.5. The molecule has 0 atom stereocenters. The fourth-order valence-electron chi connectivity index (χ4n) is 2.33. The number of aromatic amines is 1. The van der Waals surface area contributed by atoms with Gasteiger partial charge in [-0.1, -0.05) is 30.3 Å². The fourth-order valence-corrected chi connectivity index (χ4v) is 3.38. The molecule has 0 saturated carbocycles. The third-order valence-corrected chi connectivity index (χ3v) is 4.48.